The molecule has 0 amide bonds. The van der Waals surface area contributed by atoms with E-state index in [9.17, 15) is 0 Å². The van der Waals surface area contributed by atoms with Crippen molar-refractivity contribution in [2.24, 2.45) is 0 Å². The van der Waals surface area contributed by atoms with Crippen LogP contribution < -0.4 is 0 Å². The van der Waals surface area contributed by atoms with E-state index in [-0.39, 0.29) is 0 Å². The highest BCUT2D eigenvalue weighted by atomic mass is 35.5. The molecule has 0 heterocycles. The summed E-state index contributed by atoms with van der Waals surface area (Å²) in [5, 5.41) is 0. The minimum absolute atomic E-state index is 0.687. The summed E-state index contributed by atoms with van der Waals surface area (Å²) in [5.74, 6) is 0.687. The fraction of sp³-hybridized carbons (Fsp3) is 1.00. The summed E-state index contributed by atoms with van der Waals surface area (Å²) in [6.07, 6.45) is 3.02. The fourth-order valence-electron chi connectivity index (χ4n) is 0.768. The van der Waals surface area contributed by atoms with Gasteiger partial charge in [0.25, 0.3) is 0 Å². The van der Waals surface area contributed by atoms with E-state index in [2.05, 4.69) is 6.92 Å². The van der Waals surface area contributed by atoms with Crippen molar-refractivity contribution >= 4 is 11.6 Å². The lowest BCUT2D eigenvalue weighted by Gasteiger charge is -2.03. The van der Waals surface area contributed by atoms with Gasteiger partial charge in [0, 0.05) is 32.3 Å². The molecule has 0 aliphatic rings. The van der Waals surface area contributed by atoms with Crippen LogP contribution in [0.3, 0.4) is 0 Å². The van der Waals surface area contributed by atoms with Gasteiger partial charge in [-0.1, -0.05) is 6.92 Å². The number of rotatable bonds is 9. The van der Waals surface area contributed by atoms with Crippen molar-refractivity contribution in [3.63, 3.8) is 0 Å². The minimum Gasteiger partial charge on any atom is -0.381 e. The molecule has 0 spiro atoms. The highest BCUT2D eigenvalue weighted by molar-refractivity contribution is 6.17. The Morgan fingerprint density at radius 1 is 0.917 bits per heavy atom. The first-order chi connectivity index (χ1) is 5.91. The molecule has 0 aliphatic carbocycles. The Balaban J connectivity index is 2.73. The van der Waals surface area contributed by atoms with Crippen LogP contribution >= 0.6 is 11.6 Å². The Morgan fingerprint density at radius 2 is 1.50 bits per heavy atom. The first-order valence-corrected chi connectivity index (χ1v) is 5.16. The Hall–Kier alpha value is 0.210. The molecule has 0 fully saturated rings. The molecule has 0 atom stereocenters. The Kier molecular flexibility index (Phi) is 11.4. The van der Waals surface area contributed by atoms with Gasteiger partial charge in [-0.05, 0) is 19.3 Å². The molecule has 0 N–H and O–H groups in total. The largest absolute Gasteiger partial charge is 0.381 e. The predicted octanol–water partition coefficient (Wildman–Crippen LogP) is 2.45. The SMILES string of the molecule is CCCOCCCOCCCCl. The van der Waals surface area contributed by atoms with E-state index in [1.165, 1.54) is 0 Å². The molecule has 0 unspecified atom stereocenters. The molecule has 0 aromatic carbocycles. The number of halogens is 1. The molecular weight excluding hydrogens is 176 g/mol. The second-order valence-electron chi connectivity index (χ2n) is 2.62. The molecule has 0 radical (unpaired) electrons. The average Bonchev–Trinajstić information content (AvgIpc) is 2.10. The first-order valence-electron chi connectivity index (χ1n) is 4.63. The van der Waals surface area contributed by atoms with Gasteiger partial charge in [-0.15, -0.1) is 11.6 Å². The van der Waals surface area contributed by atoms with E-state index >= 15 is 0 Å². The quantitative estimate of drug-likeness (QED) is 0.415. The minimum atomic E-state index is 0.687. The summed E-state index contributed by atoms with van der Waals surface area (Å²) in [4.78, 5) is 0. The van der Waals surface area contributed by atoms with Crippen LogP contribution in [0.15, 0.2) is 0 Å². The van der Waals surface area contributed by atoms with Crippen LogP contribution in [0.4, 0.5) is 0 Å². The highest BCUT2D eigenvalue weighted by Gasteiger charge is 1.89. The molecule has 0 aliphatic heterocycles. The van der Waals surface area contributed by atoms with Crippen LogP contribution in [0.1, 0.15) is 26.2 Å². The normalized spacial score (nSPS) is 10.5. The summed E-state index contributed by atoms with van der Waals surface area (Å²) >= 11 is 5.48. The standard InChI is InChI=1S/C9H19ClO2/c1-2-6-11-8-4-9-12-7-3-5-10/h2-9H2,1H3. The molecular formula is C9H19ClO2. The van der Waals surface area contributed by atoms with Crippen LogP contribution in [0.2, 0.25) is 0 Å². The average molecular weight is 195 g/mol. The van der Waals surface area contributed by atoms with Crippen LogP contribution in [-0.4, -0.2) is 32.3 Å². The maximum atomic E-state index is 5.48. The molecule has 0 rings (SSSR count). The van der Waals surface area contributed by atoms with Gasteiger partial charge in [-0.25, -0.2) is 0 Å². The van der Waals surface area contributed by atoms with Crippen molar-refractivity contribution in [2.45, 2.75) is 26.2 Å². The second-order valence-corrected chi connectivity index (χ2v) is 3.00. The van der Waals surface area contributed by atoms with Gasteiger partial charge in [0.15, 0.2) is 0 Å². The number of hydrogen-bond donors (Lipinski definition) is 0. The van der Waals surface area contributed by atoms with Crippen LogP contribution in [0, 0.1) is 0 Å². The van der Waals surface area contributed by atoms with Crippen molar-refractivity contribution in [3.8, 4) is 0 Å². The van der Waals surface area contributed by atoms with Gasteiger partial charge in [-0.2, -0.15) is 0 Å². The molecule has 2 nitrogen and oxygen atoms in total. The molecule has 3 heteroatoms. The molecule has 0 bridgehead atoms. The lowest BCUT2D eigenvalue weighted by atomic mass is 10.4. The van der Waals surface area contributed by atoms with Gasteiger partial charge in [0.2, 0.25) is 0 Å². The maximum absolute atomic E-state index is 5.48. The Morgan fingerprint density at radius 3 is 2.08 bits per heavy atom. The molecule has 0 aromatic rings. The zero-order chi connectivity index (χ0) is 9.07. The van der Waals surface area contributed by atoms with Gasteiger partial charge in [-0.3, -0.25) is 0 Å². The third kappa shape index (κ3) is 10.2. The van der Waals surface area contributed by atoms with Crippen molar-refractivity contribution in [3.05, 3.63) is 0 Å². The zero-order valence-corrected chi connectivity index (χ0v) is 8.61. The van der Waals surface area contributed by atoms with E-state index in [1.807, 2.05) is 0 Å². The van der Waals surface area contributed by atoms with E-state index in [4.69, 9.17) is 21.1 Å². The van der Waals surface area contributed by atoms with E-state index in [0.29, 0.717) is 5.88 Å². The van der Waals surface area contributed by atoms with Gasteiger partial charge in [0.05, 0.1) is 0 Å². The van der Waals surface area contributed by atoms with Gasteiger partial charge < -0.3 is 9.47 Å². The van der Waals surface area contributed by atoms with Crippen molar-refractivity contribution in [1.29, 1.82) is 0 Å². The molecule has 0 saturated heterocycles. The Labute approximate surface area is 80.2 Å². The summed E-state index contributed by atoms with van der Waals surface area (Å²) in [6.45, 7) is 5.35. The topological polar surface area (TPSA) is 18.5 Å². The summed E-state index contributed by atoms with van der Waals surface area (Å²) in [6, 6.07) is 0. The summed E-state index contributed by atoms with van der Waals surface area (Å²) in [7, 11) is 0. The van der Waals surface area contributed by atoms with Crippen LogP contribution in [-0.2, 0) is 9.47 Å². The van der Waals surface area contributed by atoms with Crippen molar-refractivity contribution < 1.29 is 9.47 Å². The lowest BCUT2D eigenvalue weighted by molar-refractivity contribution is 0.0835. The highest BCUT2D eigenvalue weighted by Crippen LogP contribution is 1.90. The molecule has 0 aromatic heterocycles. The van der Waals surface area contributed by atoms with E-state index in [0.717, 1.165) is 45.7 Å². The van der Waals surface area contributed by atoms with E-state index < -0.39 is 0 Å². The van der Waals surface area contributed by atoms with E-state index in [1.54, 1.807) is 0 Å². The fourth-order valence-corrected chi connectivity index (χ4v) is 0.877. The van der Waals surface area contributed by atoms with Crippen LogP contribution in [0.25, 0.3) is 0 Å². The number of ether oxygens (including phenoxy) is 2. The number of alkyl halides is 1. The van der Waals surface area contributed by atoms with Crippen molar-refractivity contribution in [1.82, 2.24) is 0 Å². The van der Waals surface area contributed by atoms with Gasteiger partial charge in [0.1, 0.15) is 0 Å². The maximum Gasteiger partial charge on any atom is 0.0487 e. The molecule has 74 valence electrons. The monoisotopic (exact) mass is 194 g/mol. The first kappa shape index (κ1) is 12.2. The van der Waals surface area contributed by atoms with Crippen molar-refractivity contribution in [2.75, 3.05) is 32.3 Å². The Bertz CT molecular complexity index is 68.9. The second kappa shape index (κ2) is 11.2. The zero-order valence-electron chi connectivity index (χ0n) is 7.85. The summed E-state index contributed by atoms with van der Waals surface area (Å²) in [5.41, 5.74) is 0. The number of hydrogen-bond acceptors (Lipinski definition) is 2. The van der Waals surface area contributed by atoms with Gasteiger partial charge >= 0.3 is 0 Å². The third-order valence-electron chi connectivity index (χ3n) is 1.35. The molecule has 12 heavy (non-hydrogen) atoms. The molecule has 0 saturated carbocycles. The smallest absolute Gasteiger partial charge is 0.0487 e. The summed E-state index contributed by atoms with van der Waals surface area (Å²) < 4.78 is 10.6. The predicted molar refractivity (Wildman–Crippen MR) is 51.9 cm³/mol. The lowest BCUT2D eigenvalue weighted by Crippen LogP contribution is -2.02. The third-order valence-corrected chi connectivity index (χ3v) is 1.62. The van der Waals surface area contributed by atoms with Crippen LogP contribution in [0.5, 0.6) is 0 Å².